The van der Waals surface area contributed by atoms with Crippen LogP contribution in [0.3, 0.4) is 0 Å². The van der Waals surface area contributed by atoms with Crippen molar-refractivity contribution in [1.29, 1.82) is 0 Å². The Hall–Kier alpha value is -1.85. The van der Waals surface area contributed by atoms with Gasteiger partial charge in [0.15, 0.2) is 5.82 Å². The number of rotatable bonds is 4. The predicted molar refractivity (Wildman–Crippen MR) is 73.6 cm³/mol. The summed E-state index contributed by atoms with van der Waals surface area (Å²) in [6, 6.07) is -0.754. The molecule has 19 heavy (non-hydrogen) atoms. The first-order valence-electron chi connectivity index (χ1n) is 6.24. The van der Waals surface area contributed by atoms with E-state index in [9.17, 15) is 9.59 Å². The van der Waals surface area contributed by atoms with E-state index in [-0.39, 0.29) is 16.9 Å². The Balaban J connectivity index is 3.30. The van der Waals surface area contributed by atoms with Gasteiger partial charge in [-0.05, 0) is 27.2 Å². The summed E-state index contributed by atoms with van der Waals surface area (Å²) in [6.45, 7) is 7.49. The molecule has 1 aromatic rings. The summed E-state index contributed by atoms with van der Waals surface area (Å²) in [5.74, 6) is -0.802. The first-order valence-corrected chi connectivity index (χ1v) is 6.24. The van der Waals surface area contributed by atoms with E-state index in [1.807, 2.05) is 20.8 Å². The average molecular weight is 267 g/mol. The lowest BCUT2D eigenvalue weighted by Crippen LogP contribution is -2.44. The van der Waals surface area contributed by atoms with Crippen LogP contribution in [0.15, 0.2) is 17.2 Å². The molecular formula is C13H21N3O3. The fraction of sp³-hybridized carbons (Fsp3) is 0.615. The van der Waals surface area contributed by atoms with Crippen molar-refractivity contribution in [1.82, 2.24) is 9.55 Å². The summed E-state index contributed by atoms with van der Waals surface area (Å²) in [4.78, 5) is 29.0. The number of carboxylic acid groups (broad SMARTS) is 1. The zero-order chi connectivity index (χ0) is 14.8. The highest BCUT2D eigenvalue weighted by Crippen LogP contribution is 2.14. The maximum absolute atomic E-state index is 12.4. The van der Waals surface area contributed by atoms with E-state index >= 15 is 0 Å². The van der Waals surface area contributed by atoms with Crippen molar-refractivity contribution in [3.8, 4) is 0 Å². The lowest BCUT2D eigenvalue weighted by atomic mass is 10.1. The van der Waals surface area contributed by atoms with Crippen molar-refractivity contribution in [3.63, 3.8) is 0 Å². The highest BCUT2D eigenvalue weighted by atomic mass is 16.4. The second-order valence-electron chi connectivity index (χ2n) is 5.47. The standard InChI is InChI=1S/C13H21N3O3/c1-6-9(12(18)19)15(5)10-11(17)16(8-7-14-10)13(2,3)4/h7-9H,6H2,1-5H3,(H,18,19). The third-order valence-electron chi connectivity index (χ3n) is 3.02. The molecule has 1 unspecified atom stereocenters. The molecule has 0 aliphatic rings. The minimum atomic E-state index is -0.961. The van der Waals surface area contributed by atoms with E-state index in [1.165, 1.54) is 11.1 Å². The zero-order valence-electron chi connectivity index (χ0n) is 12.0. The van der Waals surface area contributed by atoms with Crippen LogP contribution in [0.25, 0.3) is 0 Å². The largest absolute Gasteiger partial charge is 0.480 e. The van der Waals surface area contributed by atoms with Crippen LogP contribution in [-0.2, 0) is 10.3 Å². The minimum Gasteiger partial charge on any atom is -0.480 e. The lowest BCUT2D eigenvalue weighted by Gasteiger charge is -2.27. The van der Waals surface area contributed by atoms with E-state index in [4.69, 9.17) is 5.11 Å². The first kappa shape index (κ1) is 15.2. The van der Waals surface area contributed by atoms with Crippen LogP contribution in [-0.4, -0.2) is 33.7 Å². The van der Waals surface area contributed by atoms with Crippen LogP contribution in [0.1, 0.15) is 34.1 Å². The number of carboxylic acids is 1. The molecular weight excluding hydrogens is 246 g/mol. The quantitative estimate of drug-likeness (QED) is 0.890. The van der Waals surface area contributed by atoms with Gasteiger partial charge in [-0.25, -0.2) is 9.78 Å². The molecule has 0 saturated heterocycles. The molecule has 1 aromatic heterocycles. The molecule has 1 N–H and O–H groups in total. The van der Waals surface area contributed by atoms with Gasteiger partial charge in [-0.1, -0.05) is 6.92 Å². The van der Waals surface area contributed by atoms with Crippen LogP contribution in [0, 0.1) is 0 Å². The smallest absolute Gasteiger partial charge is 0.326 e. The van der Waals surface area contributed by atoms with E-state index in [0.29, 0.717) is 6.42 Å². The maximum Gasteiger partial charge on any atom is 0.326 e. The molecule has 6 nitrogen and oxygen atoms in total. The lowest BCUT2D eigenvalue weighted by molar-refractivity contribution is -0.138. The van der Waals surface area contributed by atoms with Crippen LogP contribution in [0.4, 0.5) is 5.82 Å². The summed E-state index contributed by atoms with van der Waals surface area (Å²) < 4.78 is 1.56. The van der Waals surface area contributed by atoms with E-state index < -0.39 is 12.0 Å². The Morgan fingerprint density at radius 3 is 2.53 bits per heavy atom. The molecule has 1 heterocycles. The van der Waals surface area contributed by atoms with E-state index in [0.717, 1.165) is 0 Å². The van der Waals surface area contributed by atoms with Gasteiger partial charge >= 0.3 is 5.97 Å². The maximum atomic E-state index is 12.4. The molecule has 1 rings (SSSR count). The summed E-state index contributed by atoms with van der Waals surface area (Å²) >= 11 is 0. The monoisotopic (exact) mass is 267 g/mol. The SMILES string of the molecule is CCC(C(=O)O)N(C)c1nccn(C(C)(C)C)c1=O. The van der Waals surface area contributed by atoms with Gasteiger partial charge < -0.3 is 14.6 Å². The second kappa shape index (κ2) is 5.42. The molecule has 0 aliphatic carbocycles. The van der Waals surface area contributed by atoms with Gasteiger partial charge in [0.2, 0.25) is 0 Å². The number of nitrogens with zero attached hydrogens (tertiary/aromatic N) is 3. The van der Waals surface area contributed by atoms with E-state index in [1.54, 1.807) is 24.7 Å². The van der Waals surface area contributed by atoms with Crippen LogP contribution >= 0.6 is 0 Å². The van der Waals surface area contributed by atoms with Crippen molar-refractivity contribution in [2.24, 2.45) is 0 Å². The normalized spacial score (nSPS) is 13.1. The van der Waals surface area contributed by atoms with Gasteiger partial charge in [-0.15, -0.1) is 0 Å². The number of anilines is 1. The number of carbonyl (C=O) groups is 1. The summed E-state index contributed by atoms with van der Waals surface area (Å²) in [5, 5.41) is 9.15. The number of aliphatic carboxylic acids is 1. The number of hydrogen-bond acceptors (Lipinski definition) is 4. The third-order valence-corrected chi connectivity index (χ3v) is 3.02. The van der Waals surface area contributed by atoms with Crippen molar-refractivity contribution in [3.05, 3.63) is 22.7 Å². The molecule has 0 saturated carbocycles. The third kappa shape index (κ3) is 3.13. The fourth-order valence-electron chi connectivity index (χ4n) is 1.93. The molecule has 0 aromatic carbocycles. The Kier molecular flexibility index (Phi) is 4.34. The molecule has 1 atom stereocenters. The van der Waals surface area contributed by atoms with Gasteiger partial charge in [0.1, 0.15) is 6.04 Å². The first-order chi connectivity index (χ1) is 8.70. The molecule has 0 fully saturated rings. The highest BCUT2D eigenvalue weighted by molar-refractivity contribution is 5.77. The Bertz CT molecular complexity index is 517. The van der Waals surface area contributed by atoms with Crippen LogP contribution in [0.5, 0.6) is 0 Å². The topological polar surface area (TPSA) is 75.4 Å². The Morgan fingerprint density at radius 1 is 1.53 bits per heavy atom. The van der Waals surface area contributed by atoms with Crippen LogP contribution in [0.2, 0.25) is 0 Å². The minimum absolute atomic E-state index is 0.159. The van der Waals surface area contributed by atoms with Crippen molar-refractivity contribution >= 4 is 11.8 Å². The van der Waals surface area contributed by atoms with Crippen LogP contribution < -0.4 is 10.5 Å². The van der Waals surface area contributed by atoms with Gasteiger partial charge in [-0.2, -0.15) is 0 Å². The number of likely N-dealkylation sites (N-methyl/N-ethyl adjacent to an activating group) is 1. The predicted octanol–water partition coefficient (Wildman–Crippen LogP) is 1.30. The fourth-order valence-corrected chi connectivity index (χ4v) is 1.93. The van der Waals surface area contributed by atoms with Crippen molar-refractivity contribution in [2.45, 2.75) is 45.7 Å². The Labute approximate surface area is 112 Å². The second-order valence-corrected chi connectivity index (χ2v) is 5.47. The van der Waals surface area contributed by atoms with Crippen molar-refractivity contribution < 1.29 is 9.90 Å². The number of aromatic nitrogens is 2. The van der Waals surface area contributed by atoms with Gasteiger partial charge in [0.25, 0.3) is 5.56 Å². The summed E-state index contributed by atoms with van der Waals surface area (Å²) in [5.41, 5.74) is -0.655. The zero-order valence-corrected chi connectivity index (χ0v) is 12.0. The molecule has 6 heteroatoms. The highest BCUT2D eigenvalue weighted by Gasteiger charge is 2.25. The van der Waals surface area contributed by atoms with Gasteiger partial charge in [0.05, 0.1) is 0 Å². The van der Waals surface area contributed by atoms with Crippen molar-refractivity contribution in [2.75, 3.05) is 11.9 Å². The molecule has 0 bridgehead atoms. The van der Waals surface area contributed by atoms with E-state index in [2.05, 4.69) is 4.98 Å². The van der Waals surface area contributed by atoms with Gasteiger partial charge in [0, 0.05) is 25.0 Å². The average Bonchev–Trinajstić information content (AvgIpc) is 2.27. The molecule has 0 spiro atoms. The Morgan fingerprint density at radius 2 is 2.11 bits per heavy atom. The summed E-state index contributed by atoms with van der Waals surface area (Å²) in [7, 11) is 1.58. The molecule has 0 radical (unpaired) electrons. The number of hydrogen-bond donors (Lipinski definition) is 1. The summed E-state index contributed by atoms with van der Waals surface area (Å²) in [6.07, 6.45) is 3.53. The molecule has 0 amide bonds. The molecule has 0 aliphatic heterocycles. The molecule has 106 valence electrons. The van der Waals surface area contributed by atoms with Gasteiger partial charge in [-0.3, -0.25) is 4.79 Å².